The Labute approximate surface area is 185 Å². The van der Waals surface area contributed by atoms with Gasteiger partial charge in [-0.3, -0.25) is 14.6 Å². The first-order chi connectivity index (χ1) is 15.5. The molecule has 162 valence electrons. The molecule has 0 bridgehead atoms. The van der Waals surface area contributed by atoms with Gasteiger partial charge < -0.3 is 15.2 Å². The molecule has 32 heavy (non-hydrogen) atoms. The lowest BCUT2D eigenvalue weighted by molar-refractivity contribution is 0.0944. The van der Waals surface area contributed by atoms with Gasteiger partial charge in [0.25, 0.3) is 11.8 Å². The highest BCUT2D eigenvalue weighted by atomic mass is 19.1. The van der Waals surface area contributed by atoms with Crippen LogP contribution in [0.4, 0.5) is 10.1 Å². The van der Waals surface area contributed by atoms with Gasteiger partial charge in [-0.2, -0.15) is 0 Å². The quantitative estimate of drug-likeness (QED) is 0.456. The number of pyridine rings is 1. The molecule has 0 saturated carbocycles. The minimum atomic E-state index is -0.394. The molecule has 0 spiro atoms. The SMILES string of the molecule is CCn1c(C(=O)NCCc2ccccn2)cc2cc(NC(=O)c3ccc(F)cc3)ccc21. The Bertz CT molecular complexity index is 1250. The van der Waals surface area contributed by atoms with E-state index in [9.17, 15) is 14.0 Å². The summed E-state index contributed by atoms with van der Waals surface area (Å²) in [5, 5.41) is 6.62. The van der Waals surface area contributed by atoms with Crippen LogP contribution >= 0.6 is 0 Å². The molecule has 2 amide bonds. The number of carbonyl (C=O) groups is 2. The van der Waals surface area contributed by atoms with Crippen LogP contribution in [0.25, 0.3) is 10.9 Å². The number of hydrogen-bond donors (Lipinski definition) is 2. The normalized spacial score (nSPS) is 10.8. The van der Waals surface area contributed by atoms with Gasteiger partial charge in [0.15, 0.2) is 0 Å². The largest absolute Gasteiger partial charge is 0.350 e. The van der Waals surface area contributed by atoms with Crippen molar-refractivity contribution in [2.45, 2.75) is 19.9 Å². The maximum atomic E-state index is 13.1. The Morgan fingerprint density at radius 1 is 1.00 bits per heavy atom. The molecule has 2 aromatic heterocycles. The lowest BCUT2D eigenvalue weighted by Gasteiger charge is -2.09. The molecule has 0 aliphatic carbocycles. The van der Waals surface area contributed by atoms with Crippen molar-refractivity contribution in [1.82, 2.24) is 14.9 Å². The van der Waals surface area contributed by atoms with E-state index in [1.165, 1.54) is 24.3 Å². The highest BCUT2D eigenvalue weighted by molar-refractivity contribution is 6.05. The second kappa shape index (κ2) is 9.43. The van der Waals surface area contributed by atoms with Gasteiger partial charge >= 0.3 is 0 Å². The third kappa shape index (κ3) is 4.67. The van der Waals surface area contributed by atoms with E-state index >= 15 is 0 Å². The Kier molecular flexibility index (Phi) is 6.26. The van der Waals surface area contributed by atoms with E-state index in [2.05, 4.69) is 15.6 Å². The molecule has 2 heterocycles. The summed E-state index contributed by atoms with van der Waals surface area (Å²) in [4.78, 5) is 29.5. The number of fused-ring (bicyclic) bond motifs is 1. The molecule has 4 rings (SSSR count). The number of nitrogens with zero attached hydrogens (tertiary/aromatic N) is 2. The molecule has 0 saturated heterocycles. The fraction of sp³-hybridized carbons (Fsp3) is 0.160. The van der Waals surface area contributed by atoms with Crippen LogP contribution in [0, 0.1) is 5.82 Å². The van der Waals surface area contributed by atoms with Crippen LogP contribution in [-0.4, -0.2) is 27.9 Å². The van der Waals surface area contributed by atoms with Gasteiger partial charge in [0.1, 0.15) is 11.5 Å². The number of amides is 2. The van der Waals surface area contributed by atoms with Gasteiger partial charge in [0, 0.05) is 53.6 Å². The molecule has 7 heteroatoms. The number of anilines is 1. The Morgan fingerprint density at radius 3 is 2.53 bits per heavy atom. The number of halogens is 1. The molecular formula is C25H23FN4O2. The third-order valence-corrected chi connectivity index (χ3v) is 5.21. The molecular weight excluding hydrogens is 407 g/mol. The fourth-order valence-electron chi connectivity index (χ4n) is 3.62. The van der Waals surface area contributed by atoms with Crippen molar-refractivity contribution in [3.63, 3.8) is 0 Å². The number of carbonyl (C=O) groups excluding carboxylic acids is 2. The van der Waals surface area contributed by atoms with Gasteiger partial charge in [-0.1, -0.05) is 6.07 Å². The predicted molar refractivity (Wildman–Crippen MR) is 122 cm³/mol. The molecule has 2 N–H and O–H groups in total. The Hall–Kier alpha value is -4.00. The first kappa shape index (κ1) is 21.2. The summed E-state index contributed by atoms with van der Waals surface area (Å²) in [5.41, 5.74) is 3.35. The van der Waals surface area contributed by atoms with E-state index in [1.807, 2.05) is 47.9 Å². The average molecular weight is 430 g/mol. The Morgan fingerprint density at radius 2 is 1.81 bits per heavy atom. The van der Waals surface area contributed by atoms with Crippen LogP contribution in [0.3, 0.4) is 0 Å². The molecule has 0 radical (unpaired) electrons. The van der Waals surface area contributed by atoms with Crippen molar-refractivity contribution in [1.29, 1.82) is 0 Å². The second-order valence-corrected chi connectivity index (χ2v) is 7.34. The standard InChI is InChI=1S/C25H23FN4O2/c1-2-30-22-11-10-21(29-24(31)17-6-8-19(26)9-7-17)15-18(22)16-23(30)25(32)28-14-12-20-5-3-4-13-27-20/h3-11,13,15-16H,2,12,14H2,1H3,(H,28,32)(H,29,31). The van der Waals surface area contributed by atoms with Gasteiger partial charge in [0.05, 0.1) is 0 Å². The number of nitrogens with one attached hydrogen (secondary N) is 2. The molecule has 0 unspecified atom stereocenters. The summed E-state index contributed by atoms with van der Waals surface area (Å²) in [6, 6.07) is 18.4. The number of hydrogen-bond acceptors (Lipinski definition) is 3. The monoisotopic (exact) mass is 430 g/mol. The van der Waals surface area contributed by atoms with E-state index in [4.69, 9.17) is 0 Å². The summed E-state index contributed by atoms with van der Waals surface area (Å²) >= 11 is 0. The molecule has 0 aliphatic heterocycles. The van der Waals surface area contributed by atoms with Crippen LogP contribution in [-0.2, 0) is 13.0 Å². The van der Waals surface area contributed by atoms with Crippen molar-refractivity contribution in [2.24, 2.45) is 0 Å². The number of aromatic nitrogens is 2. The first-order valence-corrected chi connectivity index (χ1v) is 10.4. The lowest BCUT2D eigenvalue weighted by Crippen LogP contribution is -2.27. The van der Waals surface area contributed by atoms with Crippen molar-refractivity contribution in [3.8, 4) is 0 Å². The second-order valence-electron chi connectivity index (χ2n) is 7.34. The first-order valence-electron chi connectivity index (χ1n) is 10.4. The van der Waals surface area contributed by atoms with E-state index in [1.54, 1.807) is 12.3 Å². The van der Waals surface area contributed by atoms with Crippen molar-refractivity contribution in [2.75, 3.05) is 11.9 Å². The fourth-order valence-corrected chi connectivity index (χ4v) is 3.62. The highest BCUT2D eigenvalue weighted by Crippen LogP contribution is 2.24. The van der Waals surface area contributed by atoms with Crippen molar-refractivity contribution >= 4 is 28.4 Å². The van der Waals surface area contributed by atoms with Crippen LogP contribution in [0.15, 0.2) is 72.9 Å². The summed E-state index contributed by atoms with van der Waals surface area (Å²) in [7, 11) is 0. The molecule has 0 fully saturated rings. The minimum Gasteiger partial charge on any atom is -0.350 e. The summed E-state index contributed by atoms with van der Waals surface area (Å²) in [5.74, 6) is -0.877. The van der Waals surface area contributed by atoms with Gasteiger partial charge in [-0.15, -0.1) is 0 Å². The van der Waals surface area contributed by atoms with Gasteiger partial charge in [-0.05, 0) is 67.6 Å². The minimum absolute atomic E-state index is 0.157. The predicted octanol–water partition coefficient (Wildman–Crippen LogP) is 4.42. The van der Waals surface area contributed by atoms with Crippen LogP contribution in [0.1, 0.15) is 33.5 Å². The third-order valence-electron chi connectivity index (χ3n) is 5.21. The van der Waals surface area contributed by atoms with Gasteiger partial charge in [-0.25, -0.2) is 4.39 Å². The summed E-state index contributed by atoms with van der Waals surface area (Å²) < 4.78 is 15.0. The van der Waals surface area contributed by atoms with Crippen LogP contribution in [0.2, 0.25) is 0 Å². The topological polar surface area (TPSA) is 76.0 Å². The number of benzene rings is 2. The maximum absolute atomic E-state index is 13.1. The maximum Gasteiger partial charge on any atom is 0.267 e. The van der Waals surface area contributed by atoms with Crippen LogP contribution in [0.5, 0.6) is 0 Å². The molecule has 0 atom stereocenters. The van der Waals surface area contributed by atoms with E-state index < -0.39 is 5.82 Å². The zero-order valence-electron chi connectivity index (χ0n) is 17.6. The van der Waals surface area contributed by atoms with E-state index in [0.29, 0.717) is 36.5 Å². The molecule has 6 nitrogen and oxygen atoms in total. The Balaban J connectivity index is 1.49. The number of rotatable bonds is 7. The van der Waals surface area contributed by atoms with Crippen molar-refractivity contribution in [3.05, 3.63) is 95.7 Å². The zero-order valence-corrected chi connectivity index (χ0v) is 17.6. The van der Waals surface area contributed by atoms with Gasteiger partial charge in [0.2, 0.25) is 0 Å². The van der Waals surface area contributed by atoms with E-state index in [-0.39, 0.29) is 11.8 Å². The highest BCUT2D eigenvalue weighted by Gasteiger charge is 2.15. The number of aryl methyl sites for hydroxylation is 1. The average Bonchev–Trinajstić information content (AvgIpc) is 3.18. The molecule has 4 aromatic rings. The van der Waals surface area contributed by atoms with Crippen LogP contribution < -0.4 is 10.6 Å². The zero-order chi connectivity index (χ0) is 22.5. The summed E-state index contributed by atoms with van der Waals surface area (Å²) in [6.45, 7) is 3.10. The summed E-state index contributed by atoms with van der Waals surface area (Å²) in [6.07, 6.45) is 2.39. The van der Waals surface area contributed by atoms with E-state index in [0.717, 1.165) is 16.6 Å². The molecule has 2 aromatic carbocycles. The molecule has 0 aliphatic rings. The lowest BCUT2D eigenvalue weighted by atomic mass is 10.2. The smallest absolute Gasteiger partial charge is 0.267 e. The van der Waals surface area contributed by atoms with Crippen molar-refractivity contribution < 1.29 is 14.0 Å².